The lowest BCUT2D eigenvalue weighted by Gasteiger charge is -2.18. The van der Waals surface area contributed by atoms with E-state index in [-0.39, 0.29) is 18.5 Å². The van der Waals surface area contributed by atoms with Crippen molar-refractivity contribution < 1.29 is 19.4 Å². The fourth-order valence-electron chi connectivity index (χ4n) is 7.12. The maximum atomic E-state index is 12.7. The van der Waals surface area contributed by atoms with E-state index in [1.807, 2.05) is 0 Å². The van der Waals surface area contributed by atoms with Crippen molar-refractivity contribution in [1.29, 1.82) is 0 Å². The molecule has 0 saturated carbocycles. The highest BCUT2D eigenvalue weighted by Gasteiger charge is 2.14. The van der Waals surface area contributed by atoms with Gasteiger partial charge in [-0.3, -0.25) is 9.59 Å². The molecular formula is C46H88O4. The second-order valence-corrected chi connectivity index (χ2v) is 15.6. The molecule has 0 rings (SSSR count). The van der Waals surface area contributed by atoms with Gasteiger partial charge in [0.1, 0.15) is 6.10 Å². The van der Waals surface area contributed by atoms with Gasteiger partial charge in [-0.2, -0.15) is 0 Å². The Hall–Kier alpha value is -1.32. The van der Waals surface area contributed by atoms with Gasteiger partial charge in [0.15, 0.2) is 0 Å². The van der Waals surface area contributed by atoms with Crippen molar-refractivity contribution in [3.05, 3.63) is 12.2 Å². The smallest absolute Gasteiger partial charge is 0.306 e. The Bertz CT molecular complexity index is 717. The molecule has 0 bridgehead atoms. The molecule has 0 heterocycles. The molecule has 0 fully saturated rings. The summed E-state index contributed by atoms with van der Waals surface area (Å²) in [7, 11) is 0. The number of hydrogen-bond donors (Lipinski definition) is 1. The van der Waals surface area contributed by atoms with Crippen LogP contribution in [-0.2, 0) is 14.3 Å². The fraction of sp³-hybridized carbons (Fsp3) is 0.913. The third kappa shape index (κ3) is 41.1. The van der Waals surface area contributed by atoms with Gasteiger partial charge >= 0.3 is 11.9 Å². The first-order chi connectivity index (χ1) is 24.6. The second kappa shape index (κ2) is 42.1. The van der Waals surface area contributed by atoms with Gasteiger partial charge in [-0.05, 0) is 64.2 Å². The number of hydrogen-bond acceptors (Lipinski definition) is 3. The molecule has 0 radical (unpaired) electrons. The number of rotatable bonds is 42. The predicted octanol–water partition coefficient (Wildman–Crippen LogP) is 15.8. The maximum absolute atomic E-state index is 12.7. The van der Waals surface area contributed by atoms with Gasteiger partial charge in [-0.1, -0.05) is 199 Å². The van der Waals surface area contributed by atoms with E-state index in [0.717, 1.165) is 64.2 Å². The van der Waals surface area contributed by atoms with Crippen LogP contribution >= 0.6 is 0 Å². The van der Waals surface area contributed by atoms with Crippen molar-refractivity contribution in [3.63, 3.8) is 0 Å². The average molecular weight is 705 g/mol. The molecule has 296 valence electrons. The second-order valence-electron chi connectivity index (χ2n) is 15.6. The molecule has 0 aliphatic carbocycles. The normalized spacial score (nSPS) is 12.2. The van der Waals surface area contributed by atoms with E-state index in [2.05, 4.69) is 26.0 Å². The van der Waals surface area contributed by atoms with Crippen LogP contribution in [0.5, 0.6) is 0 Å². The number of ether oxygens (including phenoxy) is 1. The minimum Gasteiger partial charge on any atom is -0.481 e. The molecular weight excluding hydrogens is 617 g/mol. The Morgan fingerprint density at radius 2 is 0.720 bits per heavy atom. The van der Waals surface area contributed by atoms with E-state index in [0.29, 0.717) is 6.42 Å². The van der Waals surface area contributed by atoms with Crippen molar-refractivity contribution >= 4 is 11.9 Å². The quantitative estimate of drug-likeness (QED) is 0.0390. The zero-order chi connectivity index (χ0) is 36.4. The van der Waals surface area contributed by atoms with Gasteiger partial charge in [0, 0.05) is 12.8 Å². The lowest BCUT2D eigenvalue weighted by Crippen LogP contribution is -2.18. The lowest BCUT2D eigenvalue weighted by atomic mass is 10.0. The summed E-state index contributed by atoms with van der Waals surface area (Å²) in [5.41, 5.74) is 0. The van der Waals surface area contributed by atoms with Gasteiger partial charge < -0.3 is 9.84 Å². The number of esters is 1. The van der Waals surface area contributed by atoms with Gasteiger partial charge in [0.05, 0.1) is 0 Å². The number of carboxylic acids is 1. The minimum atomic E-state index is -0.697. The molecule has 1 unspecified atom stereocenters. The molecule has 50 heavy (non-hydrogen) atoms. The van der Waals surface area contributed by atoms with Crippen LogP contribution in [0.15, 0.2) is 12.2 Å². The summed E-state index contributed by atoms with van der Waals surface area (Å²) in [6.07, 6.45) is 52.6. The van der Waals surface area contributed by atoms with E-state index < -0.39 is 5.97 Å². The monoisotopic (exact) mass is 705 g/mol. The van der Waals surface area contributed by atoms with Crippen LogP contribution in [0.25, 0.3) is 0 Å². The van der Waals surface area contributed by atoms with Crippen LogP contribution < -0.4 is 0 Å². The van der Waals surface area contributed by atoms with E-state index in [1.54, 1.807) is 0 Å². The number of carboxylic acid groups (broad SMARTS) is 1. The molecule has 0 aromatic carbocycles. The van der Waals surface area contributed by atoms with Crippen LogP contribution in [0, 0.1) is 0 Å². The van der Waals surface area contributed by atoms with Crippen molar-refractivity contribution in [2.24, 2.45) is 0 Å². The van der Waals surface area contributed by atoms with Gasteiger partial charge in [0.2, 0.25) is 0 Å². The van der Waals surface area contributed by atoms with E-state index in [4.69, 9.17) is 9.84 Å². The molecule has 0 spiro atoms. The summed E-state index contributed by atoms with van der Waals surface area (Å²) in [4.78, 5) is 23.4. The topological polar surface area (TPSA) is 63.6 Å². The third-order valence-electron chi connectivity index (χ3n) is 10.5. The van der Waals surface area contributed by atoms with Crippen LogP contribution in [-0.4, -0.2) is 23.1 Å². The first-order valence-corrected chi connectivity index (χ1v) is 22.7. The van der Waals surface area contributed by atoms with E-state index >= 15 is 0 Å². The van der Waals surface area contributed by atoms with Gasteiger partial charge in [-0.15, -0.1) is 0 Å². The first-order valence-electron chi connectivity index (χ1n) is 22.7. The number of unbranched alkanes of at least 4 members (excludes halogenated alkanes) is 31. The predicted molar refractivity (Wildman–Crippen MR) is 218 cm³/mol. The largest absolute Gasteiger partial charge is 0.481 e. The van der Waals surface area contributed by atoms with Crippen LogP contribution in [0.2, 0.25) is 0 Å². The molecule has 0 saturated heterocycles. The molecule has 0 amide bonds. The SMILES string of the molecule is CCCCCCCCCC/C=C\CCCCCCCCCCCCCC(=O)OC(CCCCCCCCCCC)CCCCCCCC(=O)O. The summed E-state index contributed by atoms with van der Waals surface area (Å²) in [5.74, 6) is -0.691. The third-order valence-corrected chi connectivity index (χ3v) is 10.5. The Balaban J connectivity index is 3.79. The number of carbonyl (C=O) groups is 2. The zero-order valence-electron chi connectivity index (χ0n) is 34.0. The van der Waals surface area contributed by atoms with Gasteiger partial charge in [-0.25, -0.2) is 0 Å². The molecule has 0 aromatic heterocycles. The van der Waals surface area contributed by atoms with Crippen molar-refractivity contribution in [3.8, 4) is 0 Å². The highest BCUT2D eigenvalue weighted by molar-refractivity contribution is 5.69. The van der Waals surface area contributed by atoms with E-state index in [9.17, 15) is 9.59 Å². The van der Waals surface area contributed by atoms with Crippen molar-refractivity contribution in [2.75, 3.05) is 0 Å². The molecule has 0 aliphatic heterocycles. The first kappa shape index (κ1) is 48.7. The minimum absolute atomic E-state index is 0.00590. The Kier molecular flexibility index (Phi) is 41.0. The molecule has 1 atom stereocenters. The Morgan fingerprint density at radius 3 is 1.08 bits per heavy atom. The molecule has 4 nitrogen and oxygen atoms in total. The van der Waals surface area contributed by atoms with E-state index in [1.165, 1.54) is 173 Å². The summed E-state index contributed by atoms with van der Waals surface area (Å²) in [6, 6.07) is 0. The zero-order valence-corrected chi connectivity index (χ0v) is 34.0. The van der Waals surface area contributed by atoms with Crippen LogP contribution in [0.3, 0.4) is 0 Å². The number of allylic oxidation sites excluding steroid dienone is 2. The molecule has 0 aromatic rings. The Labute approximate surface area is 313 Å². The standard InChI is InChI=1S/C46H88O4/c1-3-5-7-9-11-13-14-15-16-17-18-19-20-21-22-23-24-25-26-28-30-35-39-43-46(49)50-44(41-37-33-31-34-38-42-45(47)48)40-36-32-29-27-12-10-8-6-4-2/h17-18,44H,3-16,19-43H2,1-2H3,(H,47,48)/b18-17-. The summed E-state index contributed by atoms with van der Waals surface area (Å²) >= 11 is 0. The number of carbonyl (C=O) groups excluding carboxylic acids is 1. The summed E-state index contributed by atoms with van der Waals surface area (Å²) < 4.78 is 6.01. The molecule has 0 aliphatic rings. The lowest BCUT2D eigenvalue weighted by molar-refractivity contribution is -0.150. The highest BCUT2D eigenvalue weighted by Crippen LogP contribution is 2.19. The summed E-state index contributed by atoms with van der Waals surface area (Å²) in [5, 5.41) is 8.82. The highest BCUT2D eigenvalue weighted by atomic mass is 16.5. The Morgan fingerprint density at radius 1 is 0.420 bits per heavy atom. The van der Waals surface area contributed by atoms with Gasteiger partial charge in [0.25, 0.3) is 0 Å². The fourth-order valence-corrected chi connectivity index (χ4v) is 7.12. The van der Waals surface area contributed by atoms with Crippen LogP contribution in [0.4, 0.5) is 0 Å². The summed E-state index contributed by atoms with van der Waals surface area (Å²) in [6.45, 7) is 4.56. The van der Waals surface area contributed by atoms with Crippen molar-refractivity contribution in [2.45, 2.75) is 270 Å². The average Bonchev–Trinajstić information content (AvgIpc) is 3.10. The van der Waals surface area contributed by atoms with Crippen LogP contribution in [0.1, 0.15) is 264 Å². The molecule has 4 heteroatoms. The maximum Gasteiger partial charge on any atom is 0.306 e. The molecule has 1 N–H and O–H groups in total. The van der Waals surface area contributed by atoms with Crippen molar-refractivity contribution in [1.82, 2.24) is 0 Å². The number of aliphatic carboxylic acids is 1.